The largest absolute Gasteiger partial charge is 0.478 e. The van der Waals surface area contributed by atoms with Crippen molar-refractivity contribution in [2.75, 3.05) is 0 Å². The minimum atomic E-state index is -0.939. The Morgan fingerprint density at radius 2 is 2.16 bits per heavy atom. The number of hydrogen-bond acceptors (Lipinski definition) is 3. The number of aromatic nitrogens is 3. The van der Waals surface area contributed by atoms with Crippen molar-refractivity contribution >= 4 is 11.6 Å². The second kappa shape index (κ2) is 4.20. The van der Waals surface area contributed by atoms with Crippen LogP contribution < -0.4 is 0 Å². The fraction of sp³-hybridized carbons (Fsp3) is 0.0714. The van der Waals surface area contributed by atoms with Crippen LogP contribution in [0, 0.1) is 6.92 Å². The van der Waals surface area contributed by atoms with E-state index >= 15 is 0 Å². The first-order valence-corrected chi connectivity index (χ1v) is 5.79. The monoisotopic (exact) mass is 253 g/mol. The van der Waals surface area contributed by atoms with Gasteiger partial charge in [0.05, 0.1) is 11.8 Å². The molecule has 3 rings (SSSR count). The van der Waals surface area contributed by atoms with Gasteiger partial charge < -0.3 is 5.11 Å². The van der Waals surface area contributed by atoms with E-state index < -0.39 is 5.97 Å². The molecule has 19 heavy (non-hydrogen) atoms. The number of carboxylic acids is 1. The summed E-state index contributed by atoms with van der Waals surface area (Å²) in [6, 6.07) is 6.85. The van der Waals surface area contributed by atoms with Crippen LogP contribution in [0.3, 0.4) is 0 Å². The fourth-order valence-electron chi connectivity index (χ4n) is 2.06. The van der Waals surface area contributed by atoms with Gasteiger partial charge in [-0.1, -0.05) is 6.07 Å². The molecule has 0 fully saturated rings. The van der Waals surface area contributed by atoms with Crippen molar-refractivity contribution in [2.24, 2.45) is 0 Å². The lowest BCUT2D eigenvalue weighted by Crippen LogP contribution is -1.97. The molecule has 94 valence electrons. The van der Waals surface area contributed by atoms with Crippen molar-refractivity contribution in [2.45, 2.75) is 6.92 Å². The highest BCUT2D eigenvalue weighted by molar-refractivity contribution is 5.91. The number of carboxylic acid groups (broad SMARTS) is 1. The van der Waals surface area contributed by atoms with E-state index in [0.29, 0.717) is 5.65 Å². The Labute approximate surface area is 109 Å². The van der Waals surface area contributed by atoms with Crippen molar-refractivity contribution in [3.63, 3.8) is 0 Å². The molecule has 5 heteroatoms. The van der Waals surface area contributed by atoms with Crippen LogP contribution in [-0.2, 0) is 0 Å². The average molecular weight is 253 g/mol. The first-order valence-electron chi connectivity index (χ1n) is 5.79. The Bertz CT molecular complexity index is 777. The van der Waals surface area contributed by atoms with Gasteiger partial charge in [-0.05, 0) is 36.2 Å². The normalized spacial score (nSPS) is 10.8. The highest BCUT2D eigenvalue weighted by Crippen LogP contribution is 2.27. The third kappa shape index (κ3) is 1.85. The summed E-state index contributed by atoms with van der Waals surface area (Å²) in [7, 11) is 0. The smallest absolute Gasteiger partial charge is 0.335 e. The molecule has 5 nitrogen and oxygen atoms in total. The molecule has 0 aliphatic rings. The van der Waals surface area contributed by atoms with E-state index in [0.717, 1.165) is 16.7 Å². The molecule has 1 aromatic carbocycles. The summed E-state index contributed by atoms with van der Waals surface area (Å²) in [6.45, 7) is 1.94. The average Bonchev–Trinajstić information content (AvgIpc) is 2.83. The lowest BCUT2D eigenvalue weighted by atomic mass is 10.00. The Hall–Kier alpha value is -2.69. The molecule has 0 aliphatic carbocycles. The Balaban J connectivity index is 2.26. The van der Waals surface area contributed by atoms with Crippen LogP contribution in [0.4, 0.5) is 0 Å². The second-order valence-electron chi connectivity index (χ2n) is 4.28. The number of aromatic carboxylic acids is 1. The molecule has 0 saturated carbocycles. The minimum Gasteiger partial charge on any atom is -0.478 e. The number of nitrogens with zero attached hydrogens (tertiary/aromatic N) is 3. The molecule has 0 atom stereocenters. The van der Waals surface area contributed by atoms with Gasteiger partial charge in [0.25, 0.3) is 0 Å². The molecule has 2 heterocycles. The zero-order chi connectivity index (χ0) is 13.4. The van der Waals surface area contributed by atoms with E-state index in [2.05, 4.69) is 10.1 Å². The number of fused-ring (bicyclic) bond motifs is 1. The summed E-state index contributed by atoms with van der Waals surface area (Å²) in [4.78, 5) is 15.3. The fourth-order valence-corrected chi connectivity index (χ4v) is 2.06. The van der Waals surface area contributed by atoms with Gasteiger partial charge in [-0.3, -0.25) is 0 Å². The zero-order valence-corrected chi connectivity index (χ0v) is 10.2. The third-order valence-electron chi connectivity index (χ3n) is 3.05. The lowest BCUT2D eigenvalue weighted by molar-refractivity contribution is 0.0697. The molecule has 0 radical (unpaired) electrons. The van der Waals surface area contributed by atoms with E-state index in [9.17, 15) is 4.79 Å². The van der Waals surface area contributed by atoms with Gasteiger partial charge in [-0.15, -0.1) is 0 Å². The van der Waals surface area contributed by atoms with Crippen LogP contribution in [0.5, 0.6) is 0 Å². The van der Waals surface area contributed by atoms with Crippen molar-refractivity contribution in [3.8, 4) is 11.1 Å². The van der Waals surface area contributed by atoms with Crippen molar-refractivity contribution in [1.82, 2.24) is 14.6 Å². The summed E-state index contributed by atoms with van der Waals surface area (Å²) in [6.07, 6.45) is 5.20. The van der Waals surface area contributed by atoms with Gasteiger partial charge in [-0.25, -0.2) is 14.3 Å². The number of carbonyl (C=O) groups is 1. The van der Waals surface area contributed by atoms with E-state index in [1.54, 1.807) is 41.2 Å². The van der Waals surface area contributed by atoms with E-state index in [4.69, 9.17) is 5.11 Å². The Morgan fingerprint density at radius 3 is 2.95 bits per heavy atom. The summed E-state index contributed by atoms with van der Waals surface area (Å²) in [5.74, 6) is -0.939. The molecule has 0 amide bonds. The van der Waals surface area contributed by atoms with E-state index in [1.807, 2.05) is 13.1 Å². The predicted molar refractivity (Wildman–Crippen MR) is 70.1 cm³/mol. The SMILES string of the molecule is Cc1ccc(C(=O)O)cc1-c1cnn2cccnc12. The molecule has 1 N–H and O–H groups in total. The minimum absolute atomic E-state index is 0.260. The Morgan fingerprint density at radius 1 is 1.32 bits per heavy atom. The summed E-state index contributed by atoms with van der Waals surface area (Å²) in [5.41, 5.74) is 3.64. The van der Waals surface area contributed by atoms with Gasteiger partial charge in [0.2, 0.25) is 0 Å². The van der Waals surface area contributed by atoms with Crippen molar-refractivity contribution in [3.05, 3.63) is 54.0 Å². The Kier molecular flexibility index (Phi) is 2.52. The molecule has 0 aliphatic heterocycles. The van der Waals surface area contributed by atoms with Gasteiger partial charge >= 0.3 is 5.97 Å². The van der Waals surface area contributed by atoms with E-state index in [-0.39, 0.29) is 5.56 Å². The maximum absolute atomic E-state index is 11.1. The van der Waals surface area contributed by atoms with Gasteiger partial charge in [0.1, 0.15) is 0 Å². The molecular weight excluding hydrogens is 242 g/mol. The van der Waals surface area contributed by atoms with Gasteiger partial charge in [-0.2, -0.15) is 5.10 Å². The van der Waals surface area contributed by atoms with Crippen molar-refractivity contribution < 1.29 is 9.90 Å². The number of rotatable bonds is 2. The summed E-state index contributed by atoms with van der Waals surface area (Å²) >= 11 is 0. The number of hydrogen-bond donors (Lipinski definition) is 1. The maximum Gasteiger partial charge on any atom is 0.335 e. The highest BCUT2D eigenvalue weighted by Gasteiger charge is 2.12. The maximum atomic E-state index is 11.1. The van der Waals surface area contributed by atoms with E-state index in [1.165, 1.54) is 0 Å². The number of aryl methyl sites for hydroxylation is 1. The predicted octanol–water partition coefficient (Wildman–Crippen LogP) is 2.40. The molecule has 2 aromatic heterocycles. The summed E-state index contributed by atoms with van der Waals surface area (Å²) < 4.78 is 1.67. The highest BCUT2D eigenvalue weighted by atomic mass is 16.4. The molecule has 0 spiro atoms. The van der Waals surface area contributed by atoms with Crippen LogP contribution in [0.15, 0.2) is 42.9 Å². The first kappa shape index (κ1) is 11.4. The van der Waals surface area contributed by atoms with Crippen molar-refractivity contribution in [1.29, 1.82) is 0 Å². The quantitative estimate of drug-likeness (QED) is 0.761. The van der Waals surface area contributed by atoms with Gasteiger partial charge in [0.15, 0.2) is 5.65 Å². The number of benzene rings is 1. The topological polar surface area (TPSA) is 67.5 Å². The molecule has 3 aromatic rings. The summed E-state index contributed by atoms with van der Waals surface area (Å²) in [5, 5.41) is 13.3. The molecule has 0 saturated heterocycles. The zero-order valence-electron chi connectivity index (χ0n) is 10.2. The molecule has 0 bridgehead atoms. The molecule has 0 unspecified atom stereocenters. The standard InChI is InChI=1S/C14H11N3O2/c1-9-3-4-10(14(18)19)7-11(9)12-8-16-17-6-2-5-15-13(12)17/h2-8H,1H3,(H,18,19). The van der Waals surface area contributed by atoms with Crippen LogP contribution in [0.25, 0.3) is 16.8 Å². The van der Waals surface area contributed by atoms with Crippen LogP contribution in [0.1, 0.15) is 15.9 Å². The third-order valence-corrected chi connectivity index (χ3v) is 3.05. The first-order chi connectivity index (χ1) is 9.16. The lowest BCUT2D eigenvalue weighted by Gasteiger charge is -2.05. The second-order valence-corrected chi connectivity index (χ2v) is 4.28. The van der Waals surface area contributed by atoms with Gasteiger partial charge in [0, 0.05) is 18.0 Å². The molecular formula is C14H11N3O2. The van der Waals surface area contributed by atoms with Crippen LogP contribution in [-0.4, -0.2) is 25.7 Å². The van der Waals surface area contributed by atoms with Crippen LogP contribution in [0.2, 0.25) is 0 Å². The van der Waals surface area contributed by atoms with Crippen LogP contribution >= 0.6 is 0 Å².